The van der Waals surface area contributed by atoms with Crippen LogP contribution in [0.4, 0.5) is 0 Å². The van der Waals surface area contributed by atoms with E-state index in [-0.39, 0.29) is 67.9 Å². The Morgan fingerprint density at radius 2 is 0.955 bits per heavy atom. The van der Waals surface area contributed by atoms with Crippen LogP contribution in [0.15, 0.2) is 109 Å². The number of H-pyrrole nitrogens is 2. The number of para-hydroxylation sites is 2. The van der Waals surface area contributed by atoms with Crippen molar-refractivity contribution in [3.8, 4) is 11.5 Å². The van der Waals surface area contributed by atoms with E-state index in [0.29, 0.717) is 11.1 Å². The number of benzene rings is 4. The number of carbonyl (C=O) groups excluding carboxylic acids is 12. The molecule has 1 fully saturated rings. The number of nitrogens with two attached hydrogens (primary N) is 1. The number of likely N-dealkylation sites (tertiary alicyclic amines) is 1. The highest BCUT2D eigenvalue weighted by atomic mass is 32.2. The predicted octanol–water partition coefficient (Wildman–Crippen LogP) is -4.06. The number of carbonyl (C=O) groups is 14. The van der Waals surface area contributed by atoms with Gasteiger partial charge in [-0.3, -0.25) is 62.3 Å². The number of aliphatic hydroxyl groups is 4. The molecule has 6 aromatic rings. The minimum atomic E-state index is -1.99. The van der Waals surface area contributed by atoms with Crippen molar-refractivity contribution in [2.75, 3.05) is 44.9 Å². The van der Waals surface area contributed by atoms with Gasteiger partial charge in [-0.15, -0.1) is 0 Å². The number of fused-ring (bicyclic) bond motifs is 2. The van der Waals surface area contributed by atoms with Gasteiger partial charge in [0, 0.05) is 60.0 Å². The molecule has 112 heavy (non-hydrogen) atoms. The van der Waals surface area contributed by atoms with Crippen LogP contribution in [-0.4, -0.2) is 262 Å². The highest BCUT2D eigenvalue weighted by molar-refractivity contribution is 7.98. The summed E-state index contributed by atoms with van der Waals surface area (Å²) in [5.41, 5.74) is 9.99. The van der Waals surface area contributed by atoms with E-state index in [1.54, 1.807) is 36.8 Å². The van der Waals surface area contributed by atoms with E-state index in [4.69, 9.17) is 5.73 Å². The average molecular weight is 1580 g/mol. The molecule has 0 bridgehead atoms. The molecule has 38 heteroatoms. The number of hydrogen-bond acceptors (Lipinski definition) is 22. The topological polar surface area (TPSA) is 594 Å². The lowest BCUT2D eigenvalue weighted by Crippen LogP contribution is -2.61. The maximum Gasteiger partial charge on any atom is 0.328 e. The highest BCUT2D eigenvalue weighted by Gasteiger charge is 2.42. The van der Waals surface area contributed by atoms with Gasteiger partial charge in [0.1, 0.15) is 78.0 Å². The summed E-state index contributed by atoms with van der Waals surface area (Å²) in [6.07, 6.45) is 1.76. The number of rotatable bonds is 42. The van der Waals surface area contributed by atoms with Gasteiger partial charge >= 0.3 is 11.9 Å². The number of phenols is 2. The van der Waals surface area contributed by atoms with Gasteiger partial charge < -0.3 is 120 Å². The third-order valence-corrected chi connectivity index (χ3v) is 19.1. The zero-order valence-corrected chi connectivity index (χ0v) is 62.4. The lowest BCUT2D eigenvalue weighted by atomic mass is 10.0. The number of thioether (sulfide) groups is 1. The Hall–Kier alpha value is -11.7. The van der Waals surface area contributed by atoms with Crippen LogP contribution in [-0.2, 0) is 92.8 Å². The number of aromatic amines is 2. The van der Waals surface area contributed by atoms with Crippen molar-refractivity contribution in [2.45, 2.75) is 151 Å². The van der Waals surface area contributed by atoms with E-state index >= 15 is 0 Å². The van der Waals surface area contributed by atoms with Crippen molar-refractivity contribution in [1.29, 1.82) is 0 Å². The number of hydrogen-bond donors (Lipinski definition) is 22. The Morgan fingerprint density at radius 1 is 0.509 bits per heavy atom. The van der Waals surface area contributed by atoms with E-state index in [1.807, 2.05) is 35.6 Å². The monoisotopic (exact) mass is 1580 g/mol. The van der Waals surface area contributed by atoms with E-state index in [2.05, 4.69) is 63.1 Å². The average Bonchev–Trinajstić information content (AvgIpc) is 1.60. The van der Waals surface area contributed by atoms with Crippen LogP contribution in [0.5, 0.6) is 11.5 Å². The summed E-state index contributed by atoms with van der Waals surface area (Å²) in [5, 5.41) is 108. The Labute approximate surface area is 645 Å². The van der Waals surface area contributed by atoms with Gasteiger partial charge in [0.2, 0.25) is 70.9 Å². The Kier molecular flexibility index (Phi) is 32.7. The van der Waals surface area contributed by atoms with Gasteiger partial charge in [0.05, 0.1) is 44.9 Å². The van der Waals surface area contributed by atoms with Gasteiger partial charge in [0.25, 0.3) is 0 Å². The lowest BCUT2D eigenvalue weighted by molar-refractivity contribution is -0.144. The SMILES string of the molecule is CSCC[C@H](NC(=O)[C@H](CO)NC(=O)[C@H](CO)NC(=O)[C@H](Cc1c[nH]c2ccccc12)NC(=O)[C@@H](N)Cc1c[nH]c2ccccc12)C(=O)N1CCC[C@H]1C(=O)N[C@@H](Cc1ccc(O)cc1)C(=O)N[C@H](C(=O)NCC(=O)N[C@@H](CC(=O)O)C(=O)N[C@@H](Cc1ccc(O)cc1)C(=O)N[C@H](C(=O)N[C@@H](CO)C(=O)O)[C@@H](C)O)C(C)C. The molecule has 3 heterocycles. The largest absolute Gasteiger partial charge is 0.508 e. The molecule has 37 nitrogen and oxygen atoms in total. The van der Waals surface area contributed by atoms with Crippen molar-refractivity contribution in [2.24, 2.45) is 11.7 Å². The van der Waals surface area contributed by atoms with Crippen molar-refractivity contribution in [3.05, 3.63) is 132 Å². The van der Waals surface area contributed by atoms with E-state index in [0.717, 1.165) is 34.3 Å². The second-order valence-corrected chi connectivity index (χ2v) is 28.1. The molecule has 13 atom stereocenters. The fourth-order valence-corrected chi connectivity index (χ4v) is 12.8. The smallest absolute Gasteiger partial charge is 0.328 e. The third kappa shape index (κ3) is 24.9. The van der Waals surface area contributed by atoms with Crippen molar-refractivity contribution >= 4 is 116 Å². The molecule has 1 aliphatic heterocycles. The Morgan fingerprint density at radius 3 is 1.46 bits per heavy atom. The molecule has 23 N–H and O–H groups in total. The molecule has 1 aliphatic rings. The predicted molar refractivity (Wildman–Crippen MR) is 403 cm³/mol. The summed E-state index contributed by atoms with van der Waals surface area (Å²) in [7, 11) is 0. The minimum Gasteiger partial charge on any atom is -0.508 e. The number of nitrogens with zero attached hydrogens (tertiary/aromatic N) is 1. The lowest BCUT2D eigenvalue weighted by Gasteiger charge is -2.31. The van der Waals surface area contributed by atoms with Gasteiger partial charge in [-0.2, -0.15) is 11.8 Å². The number of aliphatic carboxylic acids is 2. The van der Waals surface area contributed by atoms with Gasteiger partial charge in [0.15, 0.2) is 0 Å². The first kappa shape index (κ1) is 87.5. The molecule has 0 spiro atoms. The number of nitrogens with one attached hydrogen (secondary N) is 13. The van der Waals surface area contributed by atoms with Gasteiger partial charge in [-0.1, -0.05) is 74.5 Å². The molecule has 604 valence electrons. The van der Waals surface area contributed by atoms with Crippen LogP contribution >= 0.6 is 11.8 Å². The van der Waals surface area contributed by atoms with Crippen LogP contribution in [0, 0.1) is 5.92 Å². The molecule has 0 radical (unpaired) electrons. The van der Waals surface area contributed by atoms with E-state index < -0.39 is 207 Å². The van der Waals surface area contributed by atoms with Crippen molar-refractivity contribution in [3.63, 3.8) is 0 Å². The number of phenolic OH excluding ortho intramolecular Hbond substituents is 2. The molecule has 0 aliphatic carbocycles. The number of aromatic nitrogens is 2. The summed E-state index contributed by atoms with van der Waals surface area (Å²) >= 11 is 1.30. The molecule has 1 saturated heterocycles. The van der Waals surface area contributed by atoms with Gasteiger partial charge in [-0.05, 0) is 109 Å². The Bertz CT molecular complexity index is 4330. The number of aliphatic hydroxyl groups excluding tert-OH is 4. The second-order valence-electron chi connectivity index (χ2n) is 27.2. The first-order valence-electron chi connectivity index (χ1n) is 35.8. The normalized spacial score (nSPS) is 15.9. The number of amides is 12. The molecule has 12 amide bonds. The molecule has 7 rings (SSSR count). The van der Waals surface area contributed by atoms with Crippen LogP contribution in [0.1, 0.15) is 68.7 Å². The van der Waals surface area contributed by atoms with Crippen LogP contribution in [0.25, 0.3) is 21.8 Å². The van der Waals surface area contributed by atoms with Crippen molar-refractivity contribution in [1.82, 2.24) is 73.4 Å². The molecular formula is C74H95N15O22S. The molecule has 0 unspecified atom stereocenters. The zero-order chi connectivity index (χ0) is 82.0. The zero-order valence-electron chi connectivity index (χ0n) is 61.6. The number of carboxylic acid groups (broad SMARTS) is 2. The molecular weight excluding hydrogens is 1480 g/mol. The fourth-order valence-electron chi connectivity index (χ4n) is 12.3. The number of aromatic hydroxyl groups is 2. The van der Waals surface area contributed by atoms with Crippen LogP contribution < -0.4 is 64.2 Å². The first-order valence-corrected chi connectivity index (χ1v) is 37.2. The fraction of sp³-hybridized carbons (Fsp3) is 0.432. The van der Waals surface area contributed by atoms with Gasteiger partial charge in [-0.25, -0.2) is 4.79 Å². The van der Waals surface area contributed by atoms with Crippen LogP contribution in [0.2, 0.25) is 0 Å². The number of carboxylic acids is 2. The summed E-state index contributed by atoms with van der Waals surface area (Å²) in [6.45, 7) is -0.0681. The summed E-state index contributed by atoms with van der Waals surface area (Å²) in [6, 6.07) is 5.94. The standard InChI is InChI=1S/C74H95N15O22S/c1-37(2)61(71(107)78-33-59(96)79-54(30-60(97)98)65(101)82-51(26-39-15-19-43(94)20-16-39)67(103)88-62(38(3)93)72(108)86-57(36-92)74(110)111)87-66(102)52(27-40-17-21-44(95)22-18-40)83-70(106)58-14-9-24-89(58)73(109)50(23-25-112-4)80-68(104)55(34-90)85-69(105)56(35-91)84-64(100)53(29-42-32-77-49-13-8-6-11-46(42)49)81-63(99)47(75)28-41-31-76-48-12-7-5-10-45(41)48/h5-8,10-13,15-22,31-32,37-38,47,50-58,61-62,76-77,90-95H,9,14,23-30,33-36,75H2,1-4H3,(H,78,107)(H,79,96)(H,80,104)(H,81,99)(H,82,101)(H,83,106)(H,84,100)(H,85,105)(H,86,108)(H,87,102)(H,88,103)(H,97,98)(H,110,111)/t38-,47+,50+,51+,52+,53+,54+,55+,56+,57+,58+,61+,62+/m1/s1. The molecule has 0 saturated carbocycles. The van der Waals surface area contributed by atoms with Crippen molar-refractivity contribution < 1.29 is 108 Å². The van der Waals surface area contributed by atoms with E-state index in [9.17, 15) is 108 Å². The maximum atomic E-state index is 14.7. The third-order valence-electron chi connectivity index (χ3n) is 18.5. The second kappa shape index (κ2) is 41.9. The molecule has 4 aromatic carbocycles. The highest BCUT2D eigenvalue weighted by Crippen LogP contribution is 2.24. The maximum absolute atomic E-state index is 14.7. The first-order chi connectivity index (χ1) is 53.3. The summed E-state index contributed by atoms with van der Waals surface area (Å²) in [4.78, 5) is 200. The Balaban J connectivity index is 0.998. The summed E-state index contributed by atoms with van der Waals surface area (Å²) in [5.74, 6) is -16.5. The van der Waals surface area contributed by atoms with E-state index in [1.165, 1.54) is 79.0 Å². The minimum absolute atomic E-state index is 0.0321. The van der Waals surface area contributed by atoms with Crippen LogP contribution in [0.3, 0.4) is 0 Å². The molecule has 2 aromatic heterocycles. The summed E-state index contributed by atoms with van der Waals surface area (Å²) < 4.78 is 0. The quantitative estimate of drug-likeness (QED) is 0.0173.